The van der Waals surface area contributed by atoms with E-state index in [9.17, 15) is 4.79 Å². The molecule has 0 saturated carbocycles. The van der Waals surface area contributed by atoms with Gasteiger partial charge in [-0.15, -0.1) is 24.0 Å². The van der Waals surface area contributed by atoms with Gasteiger partial charge in [-0.3, -0.25) is 9.79 Å². The van der Waals surface area contributed by atoms with Crippen molar-refractivity contribution in [3.63, 3.8) is 0 Å². The second kappa shape index (κ2) is 12.3. The van der Waals surface area contributed by atoms with Crippen molar-refractivity contribution >= 4 is 41.5 Å². The van der Waals surface area contributed by atoms with Crippen molar-refractivity contribution in [3.05, 3.63) is 53.6 Å². The maximum Gasteiger partial charge on any atom is 0.231 e. The van der Waals surface area contributed by atoms with E-state index in [1.54, 1.807) is 7.05 Å². The molecule has 0 aromatic heterocycles. The second-order valence-electron chi connectivity index (χ2n) is 6.79. The van der Waals surface area contributed by atoms with Crippen LogP contribution in [0.1, 0.15) is 30.9 Å². The second-order valence-corrected chi connectivity index (χ2v) is 6.79. The Labute approximate surface area is 194 Å². The number of aliphatic imine (C=N–C) groups is 1. The third-order valence-electron chi connectivity index (χ3n) is 4.54. The summed E-state index contributed by atoms with van der Waals surface area (Å²) in [5.41, 5.74) is 3.11. The van der Waals surface area contributed by atoms with E-state index in [1.165, 1.54) is 5.56 Å². The van der Waals surface area contributed by atoms with Gasteiger partial charge in [0.1, 0.15) is 0 Å². The number of benzene rings is 2. The van der Waals surface area contributed by atoms with Crippen molar-refractivity contribution in [1.29, 1.82) is 0 Å². The van der Waals surface area contributed by atoms with Crippen molar-refractivity contribution in [2.24, 2.45) is 4.99 Å². The molecule has 1 aliphatic heterocycles. The lowest BCUT2D eigenvalue weighted by Gasteiger charge is -2.12. The van der Waals surface area contributed by atoms with Gasteiger partial charge >= 0.3 is 0 Å². The number of halogens is 1. The molecular formula is C22H29IN4O3. The van der Waals surface area contributed by atoms with Crippen LogP contribution in [-0.4, -0.2) is 32.3 Å². The summed E-state index contributed by atoms with van der Waals surface area (Å²) in [7, 11) is 1.75. The minimum atomic E-state index is 0. The number of hydrogen-bond donors (Lipinski definition) is 3. The number of nitrogens with one attached hydrogen (secondary N) is 3. The molecular weight excluding hydrogens is 495 g/mol. The third kappa shape index (κ3) is 7.08. The maximum absolute atomic E-state index is 11.6. The normalized spacial score (nSPS) is 12.1. The highest BCUT2D eigenvalue weighted by atomic mass is 127. The Bertz CT molecular complexity index is 856. The molecule has 0 saturated heterocycles. The Morgan fingerprint density at radius 1 is 1.03 bits per heavy atom. The molecule has 0 radical (unpaired) electrons. The van der Waals surface area contributed by atoms with Crippen LogP contribution < -0.4 is 25.4 Å². The fraction of sp³-hybridized carbons (Fsp3) is 0.364. The summed E-state index contributed by atoms with van der Waals surface area (Å²) >= 11 is 0. The zero-order valence-electron chi connectivity index (χ0n) is 17.4. The lowest BCUT2D eigenvalue weighted by molar-refractivity contribution is -0.116. The highest BCUT2D eigenvalue weighted by Crippen LogP contribution is 2.32. The van der Waals surface area contributed by atoms with Gasteiger partial charge in [-0.1, -0.05) is 25.1 Å². The van der Waals surface area contributed by atoms with Crippen LogP contribution in [0, 0.1) is 0 Å². The molecule has 7 nitrogen and oxygen atoms in total. The van der Waals surface area contributed by atoms with Gasteiger partial charge in [0.25, 0.3) is 0 Å². The van der Waals surface area contributed by atoms with E-state index < -0.39 is 0 Å². The summed E-state index contributed by atoms with van der Waals surface area (Å²) in [4.78, 5) is 15.9. The Hall–Kier alpha value is -2.49. The number of guanidine groups is 1. The first-order chi connectivity index (χ1) is 14.2. The molecule has 2 aromatic carbocycles. The molecule has 1 aliphatic rings. The minimum Gasteiger partial charge on any atom is -0.454 e. The van der Waals surface area contributed by atoms with Crippen LogP contribution in [0.15, 0.2) is 47.5 Å². The summed E-state index contributed by atoms with van der Waals surface area (Å²) in [6, 6.07) is 13.8. The van der Waals surface area contributed by atoms with Gasteiger partial charge in [0, 0.05) is 32.2 Å². The highest BCUT2D eigenvalue weighted by molar-refractivity contribution is 14.0. The number of amides is 1. The topological polar surface area (TPSA) is 84.0 Å². The molecule has 30 heavy (non-hydrogen) atoms. The van der Waals surface area contributed by atoms with Gasteiger partial charge in [0.05, 0.1) is 0 Å². The first kappa shape index (κ1) is 23.8. The van der Waals surface area contributed by atoms with Crippen molar-refractivity contribution in [2.75, 3.05) is 25.7 Å². The van der Waals surface area contributed by atoms with Crippen molar-refractivity contribution in [1.82, 2.24) is 10.6 Å². The van der Waals surface area contributed by atoms with E-state index in [4.69, 9.17) is 9.47 Å². The molecule has 8 heteroatoms. The Kier molecular flexibility index (Phi) is 9.72. The largest absolute Gasteiger partial charge is 0.454 e. The maximum atomic E-state index is 11.6. The number of anilines is 1. The van der Waals surface area contributed by atoms with Gasteiger partial charge in [-0.25, -0.2) is 0 Å². The van der Waals surface area contributed by atoms with Crippen molar-refractivity contribution < 1.29 is 14.3 Å². The van der Waals surface area contributed by atoms with Crippen LogP contribution >= 0.6 is 24.0 Å². The summed E-state index contributed by atoms with van der Waals surface area (Å²) in [5, 5.41) is 9.51. The number of hydrogen-bond acceptors (Lipinski definition) is 4. The lowest BCUT2D eigenvalue weighted by Crippen LogP contribution is -2.37. The molecule has 2 aromatic rings. The van der Waals surface area contributed by atoms with E-state index >= 15 is 0 Å². The number of ether oxygens (including phenoxy) is 2. The molecule has 0 fully saturated rings. The molecule has 1 heterocycles. The molecule has 0 spiro atoms. The number of rotatable bonds is 8. The summed E-state index contributed by atoms with van der Waals surface area (Å²) in [6.07, 6.45) is 2.23. The summed E-state index contributed by atoms with van der Waals surface area (Å²) < 4.78 is 10.8. The van der Waals surface area contributed by atoms with E-state index in [1.807, 2.05) is 49.4 Å². The summed E-state index contributed by atoms with van der Waals surface area (Å²) in [5.74, 6) is 2.39. The first-order valence-electron chi connectivity index (χ1n) is 9.89. The standard InChI is InChI=1S/C22H28N4O3.HI/c1-3-4-21(27)26-18-8-5-17(6-9-18)14-25-22(23-2)24-12-11-16-7-10-19-20(13-16)29-15-28-19;/h5-10,13H,3-4,11-12,14-15H2,1-2H3,(H,26,27)(H2,23,24,25);1H. The molecule has 0 bridgehead atoms. The molecule has 0 aliphatic carbocycles. The Morgan fingerprint density at radius 3 is 2.50 bits per heavy atom. The number of nitrogens with zero attached hydrogens (tertiary/aromatic N) is 1. The minimum absolute atomic E-state index is 0. The van der Waals surface area contributed by atoms with Crippen LogP contribution in [0.5, 0.6) is 11.5 Å². The first-order valence-corrected chi connectivity index (χ1v) is 9.89. The fourth-order valence-electron chi connectivity index (χ4n) is 2.98. The monoisotopic (exact) mass is 524 g/mol. The molecule has 0 unspecified atom stereocenters. The average molecular weight is 524 g/mol. The van der Waals surface area contributed by atoms with E-state index in [0.717, 1.165) is 48.1 Å². The van der Waals surface area contributed by atoms with Gasteiger partial charge in [0.2, 0.25) is 12.7 Å². The van der Waals surface area contributed by atoms with E-state index in [2.05, 4.69) is 20.9 Å². The summed E-state index contributed by atoms with van der Waals surface area (Å²) in [6.45, 7) is 3.68. The van der Waals surface area contributed by atoms with Crippen LogP contribution in [0.2, 0.25) is 0 Å². The lowest BCUT2D eigenvalue weighted by atomic mass is 10.1. The van der Waals surface area contributed by atoms with Crippen LogP contribution in [-0.2, 0) is 17.8 Å². The van der Waals surface area contributed by atoms with Gasteiger partial charge in [-0.2, -0.15) is 0 Å². The SMILES string of the molecule is CCCC(=O)Nc1ccc(CNC(=NC)NCCc2ccc3c(c2)OCO3)cc1.I. The Morgan fingerprint density at radius 2 is 1.77 bits per heavy atom. The molecule has 3 rings (SSSR count). The average Bonchev–Trinajstić information content (AvgIpc) is 3.19. The van der Waals surface area contributed by atoms with Crippen molar-refractivity contribution in [3.8, 4) is 11.5 Å². The molecule has 0 atom stereocenters. The molecule has 3 N–H and O–H groups in total. The fourth-order valence-corrected chi connectivity index (χ4v) is 2.98. The predicted octanol–water partition coefficient (Wildman–Crippen LogP) is 3.68. The molecule has 162 valence electrons. The molecule has 1 amide bonds. The number of carbonyl (C=O) groups is 1. The quantitative estimate of drug-likeness (QED) is 0.279. The van der Waals surface area contributed by atoms with Gasteiger partial charge < -0.3 is 25.4 Å². The van der Waals surface area contributed by atoms with E-state index in [0.29, 0.717) is 19.8 Å². The van der Waals surface area contributed by atoms with Crippen LogP contribution in [0.3, 0.4) is 0 Å². The van der Waals surface area contributed by atoms with Crippen LogP contribution in [0.25, 0.3) is 0 Å². The van der Waals surface area contributed by atoms with Crippen molar-refractivity contribution in [2.45, 2.75) is 32.7 Å². The third-order valence-corrected chi connectivity index (χ3v) is 4.54. The predicted molar refractivity (Wildman–Crippen MR) is 130 cm³/mol. The Balaban J connectivity index is 0.00000320. The van der Waals surface area contributed by atoms with Gasteiger partial charge in [-0.05, 0) is 48.2 Å². The smallest absolute Gasteiger partial charge is 0.231 e. The van der Waals surface area contributed by atoms with Gasteiger partial charge in [0.15, 0.2) is 17.5 Å². The number of fused-ring (bicyclic) bond motifs is 1. The zero-order chi connectivity index (χ0) is 20.5. The highest BCUT2D eigenvalue weighted by Gasteiger charge is 2.13. The number of carbonyl (C=O) groups excluding carboxylic acids is 1. The van der Waals surface area contributed by atoms with E-state index in [-0.39, 0.29) is 29.9 Å². The van der Waals surface area contributed by atoms with Crippen LogP contribution in [0.4, 0.5) is 5.69 Å². The zero-order valence-corrected chi connectivity index (χ0v) is 19.7.